The second-order valence-corrected chi connectivity index (χ2v) is 7.33. The van der Waals surface area contributed by atoms with E-state index in [4.69, 9.17) is 4.74 Å². The lowest BCUT2D eigenvalue weighted by Crippen LogP contribution is -2.56. The molecule has 0 N–H and O–H groups in total. The first-order valence-electron chi connectivity index (χ1n) is 7.47. The third kappa shape index (κ3) is 3.70. The van der Waals surface area contributed by atoms with Crippen molar-refractivity contribution >= 4 is 33.6 Å². The minimum Gasteiger partial charge on any atom is -0.470 e. The number of ether oxygens (including phenoxy) is 1. The maximum Gasteiger partial charge on any atom is 0.255 e. The zero-order chi connectivity index (χ0) is 16.2. The van der Waals surface area contributed by atoms with Crippen molar-refractivity contribution in [3.05, 3.63) is 52.6 Å². The maximum absolute atomic E-state index is 12.6. The Morgan fingerprint density at radius 1 is 1.35 bits per heavy atom. The molecule has 0 atom stereocenters. The normalized spacial score (nSPS) is 14.4. The van der Waals surface area contributed by atoms with Gasteiger partial charge >= 0.3 is 0 Å². The fourth-order valence-electron chi connectivity index (χ4n) is 2.39. The molecule has 1 saturated heterocycles. The van der Waals surface area contributed by atoms with Crippen molar-refractivity contribution in [2.75, 3.05) is 18.8 Å². The molecule has 0 spiro atoms. The largest absolute Gasteiger partial charge is 0.470 e. The van der Waals surface area contributed by atoms with Crippen LogP contribution >= 0.6 is 27.7 Å². The van der Waals surface area contributed by atoms with E-state index in [0.29, 0.717) is 19.0 Å². The van der Waals surface area contributed by atoms with Crippen LogP contribution in [0.15, 0.2) is 52.0 Å². The Kier molecular flexibility index (Phi) is 5.23. The van der Waals surface area contributed by atoms with E-state index in [1.165, 1.54) is 0 Å². The van der Waals surface area contributed by atoms with E-state index in [-0.39, 0.29) is 12.0 Å². The number of nitrogens with zero attached hydrogens (tertiary/aromatic N) is 2. The van der Waals surface area contributed by atoms with Gasteiger partial charge in [0, 0.05) is 11.1 Å². The number of carbonyl (C=O) groups is 1. The standard InChI is InChI=1S/C17H17BrN2O2S/c1-2-23-15-8-4-3-6-13(15)17(21)20-10-12(11-20)22-16-14(18)7-5-9-19-16/h3-9,12H,2,10-11H2,1H3. The highest BCUT2D eigenvalue weighted by Crippen LogP contribution is 2.27. The molecule has 0 radical (unpaired) electrons. The van der Waals surface area contributed by atoms with Crippen LogP contribution in [-0.2, 0) is 0 Å². The fraction of sp³-hybridized carbons (Fsp3) is 0.294. The summed E-state index contributed by atoms with van der Waals surface area (Å²) in [5, 5.41) is 0. The summed E-state index contributed by atoms with van der Waals surface area (Å²) in [6, 6.07) is 11.5. The number of thioether (sulfide) groups is 1. The highest BCUT2D eigenvalue weighted by molar-refractivity contribution is 9.10. The summed E-state index contributed by atoms with van der Waals surface area (Å²) in [4.78, 5) is 19.7. The van der Waals surface area contributed by atoms with Crippen LogP contribution in [0.25, 0.3) is 0 Å². The molecule has 4 nitrogen and oxygen atoms in total. The van der Waals surface area contributed by atoms with Gasteiger partial charge in [0.1, 0.15) is 6.10 Å². The molecular weight excluding hydrogens is 376 g/mol. The maximum atomic E-state index is 12.6. The van der Waals surface area contributed by atoms with Crippen LogP contribution < -0.4 is 4.74 Å². The van der Waals surface area contributed by atoms with E-state index in [0.717, 1.165) is 20.7 Å². The molecule has 1 amide bonds. The topological polar surface area (TPSA) is 42.4 Å². The van der Waals surface area contributed by atoms with Crippen molar-refractivity contribution in [3.8, 4) is 5.88 Å². The molecule has 2 heterocycles. The molecule has 1 fully saturated rings. The SMILES string of the molecule is CCSc1ccccc1C(=O)N1CC(Oc2ncccc2Br)C1. The van der Waals surface area contributed by atoms with E-state index in [2.05, 4.69) is 27.8 Å². The van der Waals surface area contributed by atoms with Crippen molar-refractivity contribution in [3.63, 3.8) is 0 Å². The third-order valence-corrected chi connectivity index (χ3v) is 5.11. The Morgan fingerprint density at radius 3 is 2.87 bits per heavy atom. The van der Waals surface area contributed by atoms with Crippen LogP contribution in [0.1, 0.15) is 17.3 Å². The van der Waals surface area contributed by atoms with Crippen molar-refractivity contribution in [1.82, 2.24) is 9.88 Å². The summed E-state index contributed by atoms with van der Waals surface area (Å²) in [7, 11) is 0. The van der Waals surface area contributed by atoms with Gasteiger partial charge in [0.25, 0.3) is 5.91 Å². The predicted molar refractivity (Wildman–Crippen MR) is 95.1 cm³/mol. The Morgan fingerprint density at radius 2 is 2.13 bits per heavy atom. The van der Waals surface area contributed by atoms with Crippen LogP contribution in [0.5, 0.6) is 5.88 Å². The molecule has 3 rings (SSSR count). The van der Waals surface area contributed by atoms with E-state index in [9.17, 15) is 4.79 Å². The molecule has 1 aromatic heterocycles. The fourth-order valence-corrected chi connectivity index (χ4v) is 3.53. The van der Waals surface area contributed by atoms with E-state index in [1.807, 2.05) is 41.3 Å². The van der Waals surface area contributed by atoms with Gasteiger partial charge in [0.2, 0.25) is 5.88 Å². The second kappa shape index (κ2) is 7.36. The van der Waals surface area contributed by atoms with Gasteiger partial charge in [0.15, 0.2) is 0 Å². The van der Waals surface area contributed by atoms with E-state index >= 15 is 0 Å². The minimum absolute atomic E-state index is 0.00357. The molecule has 120 valence electrons. The Balaban J connectivity index is 1.61. The molecular formula is C17H17BrN2O2S. The lowest BCUT2D eigenvalue weighted by Gasteiger charge is -2.39. The van der Waals surface area contributed by atoms with Gasteiger partial charge < -0.3 is 9.64 Å². The summed E-state index contributed by atoms with van der Waals surface area (Å²) in [6.45, 7) is 3.27. The summed E-state index contributed by atoms with van der Waals surface area (Å²) in [5.74, 6) is 1.59. The summed E-state index contributed by atoms with van der Waals surface area (Å²) in [5.41, 5.74) is 0.775. The van der Waals surface area contributed by atoms with E-state index in [1.54, 1.807) is 18.0 Å². The number of halogens is 1. The number of pyridine rings is 1. The van der Waals surface area contributed by atoms with Crippen molar-refractivity contribution < 1.29 is 9.53 Å². The zero-order valence-electron chi connectivity index (χ0n) is 12.7. The minimum atomic E-state index is -0.00357. The molecule has 2 aromatic rings. The summed E-state index contributed by atoms with van der Waals surface area (Å²) >= 11 is 5.11. The number of rotatable bonds is 5. The van der Waals surface area contributed by atoms with Crippen LogP contribution in [0.3, 0.4) is 0 Å². The monoisotopic (exact) mass is 392 g/mol. The van der Waals surface area contributed by atoms with Crippen molar-refractivity contribution in [1.29, 1.82) is 0 Å². The zero-order valence-corrected chi connectivity index (χ0v) is 15.1. The van der Waals surface area contributed by atoms with E-state index < -0.39 is 0 Å². The van der Waals surface area contributed by atoms with Gasteiger partial charge in [-0.15, -0.1) is 11.8 Å². The molecule has 23 heavy (non-hydrogen) atoms. The second-order valence-electron chi connectivity index (χ2n) is 5.17. The number of benzene rings is 1. The Hall–Kier alpha value is -1.53. The van der Waals surface area contributed by atoms with Gasteiger partial charge in [-0.2, -0.15) is 0 Å². The van der Waals surface area contributed by atoms with Gasteiger partial charge in [-0.05, 0) is 45.9 Å². The van der Waals surface area contributed by atoms with Crippen LogP contribution in [0.2, 0.25) is 0 Å². The Bertz CT molecular complexity index is 704. The molecule has 0 bridgehead atoms. The molecule has 0 saturated carbocycles. The smallest absolute Gasteiger partial charge is 0.255 e. The first kappa shape index (κ1) is 16.3. The summed E-state index contributed by atoms with van der Waals surface area (Å²) < 4.78 is 6.65. The van der Waals surface area contributed by atoms with Crippen LogP contribution in [-0.4, -0.2) is 40.7 Å². The van der Waals surface area contributed by atoms with Gasteiger partial charge in [-0.1, -0.05) is 19.1 Å². The molecule has 1 aliphatic rings. The predicted octanol–water partition coefficient (Wildman–Crippen LogP) is 3.86. The molecule has 0 aliphatic carbocycles. The number of hydrogen-bond acceptors (Lipinski definition) is 4. The number of amides is 1. The number of likely N-dealkylation sites (tertiary alicyclic amines) is 1. The molecule has 6 heteroatoms. The Labute approximate surface area is 148 Å². The first-order chi connectivity index (χ1) is 11.2. The number of hydrogen-bond donors (Lipinski definition) is 0. The van der Waals surface area contributed by atoms with Gasteiger partial charge in [0.05, 0.1) is 23.1 Å². The highest BCUT2D eigenvalue weighted by Gasteiger charge is 2.34. The molecule has 1 aromatic carbocycles. The summed E-state index contributed by atoms with van der Waals surface area (Å²) in [6.07, 6.45) is 1.69. The molecule has 0 unspecified atom stereocenters. The average molecular weight is 393 g/mol. The van der Waals surface area contributed by atoms with Gasteiger partial charge in [-0.3, -0.25) is 4.79 Å². The van der Waals surface area contributed by atoms with Crippen molar-refractivity contribution in [2.45, 2.75) is 17.9 Å². The highest BCUT2D eigenvalue weighted by atomic mass is 79.9. The lowest BCUT2D eigenvalue weighted by molar-refractivity contribution is 0.0154. The lowest BCUT2D eigenvalue weighted by atomic mass is 10.1. The third-order valence-electron chi connectivity index (χ3n) is 3.56. The van der Waals surface area contributed by atoms with Crippen LogP contribution in [0, 0.1) is 0 Å². The number of aromatic nitrogens is 1. The quantitative estimate of drug-likeness (QED) is 0.724. The average Bonchev–Trinajstić information content (AvgIpc) is 2.52. The van der Waals surface area contributed by atoms with Crippen molar-refractivity contribution in [2.24, 2.45) is 0 Å². The number of carbonyl (C=O) groups excluding carboxylic acids is 1. The molecule has 1 aliphatic heterocycles. The first-order valence-corrected chi connectivity index (χ1v) is 9.25. The van der Waals surface area contributed by atoms with Gasteiger partial charge in [-0.25, -0.2) is 4.98 Å². The van der Waals surface area contributed by atoms with Crippen LogP contribution in [0.4, 0.5) is 0 Å².